The molecule has 0 aliphatic heterocycles. The van der Waals surface area contributed by atoms with Crippen LogP contribution in [0.4, 0.5) is 23.4 Å². The summed E-state index contributed by atoms with van der Waals surface area (Å²) in [5.74, 6) is -4.69. The number of hydrogen-bond acceptors (Lipinski definition) is 4. The number of carbonyl (C=O) groups excluding carboxylic acids is 1. The maximum absolute atomic E-state index is 12.7. The first kappa shape index (κ1) is 17.6. The van der Waals surface area contributed by atoms with Gasteiger partial charge in [0.05, 0.1) is 5.56 Å². The van der Waals surface area contributed by atoms with Gasteiger partial charge in [0.1, 0.15) is 5.82 Å². The minimum atomic E-state index is -4.27. The van der Waals surface area contributed by atoms with Gasteiger partial charge in [-0.25, -0.2) is 18.7 Å². The number of nitrogens with one attached hydrogen (secondary N) is 1. The van der Waals surface area contributed by atoms with Crippen molar-refractivity contribution in [1.29, 1.82) is 0 Å². The van der Waals surface area contributed by atoms with Crippen LogP contribution in [0.3, 0.4) is 0 Å². The number of carbonyl (C=O) groups is 1. The summed E-state index contributed by atoms with van der Waals surface area (Å²) in [6, 6.07) is 5.90. The first-order valence-corrected chi connectivity index (χ1v) is 6.77. The summed E-state index contributed by atoms with van der Waals surface area (Å²) in [6.07, 6.45) is -1.23. The Morgan fingerprint density at radius 1 is 1.29 bits per heavy atom. The Morgan fingerprint density at radius 2 is 2.04 bits per heavy atom. The predicted octanol–water partition coefficient (Wildman–Crippen LogP) is 3.32. The monoisotopic (exact) mass is 343 g/mol. The fourth-order valence-electron chi connectivity index (χ4n) is 1.63. The molecular formula is C15H13F4N3O2. The molecule has 24 heavy (non-hydrogen) atoms. The number of anilines is 1. The summed E-state index contributed by atoms with van der Waals surface area (Å²) < 4.78 is 54.0. The van der Waals surface area contributed by atoms with Crippen molar-refractivity contribution >= 4 is 11.7 Å². The molecule has 0 spiro atoms. The van der Waals surface area contributed by atoms with E-state index in [1.54, 1.807) is 19.1 Å². The maximum atomic E-state index is 12.7. The summed E-state index contributed by atoms with van der Waals surface area (Å²) in [5.41, 5.74) is 0.890. The highest BCUT2D eigenvalue weighted by Gasteiger charge is 2.41. The topological polar surface area (TPSA) is 64.1 Å². The van der Waals surface area contributed by atoms with Gasteiger partial charge in [0.15, 0.2) is 6.61 Å². The van der Waals surface area contributed by atoms with Crippen molar-refractivity contribution in [2.45, 2.75) is 19.3 Å². The van der Waals surface area contributed by atoms with E-state index in [1.807, 2.05) is 0 Å². The van der Waals surface area contributed by atoms with E-state index in [9.17, 15) is 22.4 Å². The molecule has 0 saturated heterocycles. The quantitative estimate of drug-likeness (QED) is 0.818. The molecule has 0 aromatic carbocycles. The van der Waals surface area contributed by atoms with Gasteiger partial charge in [-0.2, -0.15) is 8.78 Å². The van der Waals surface area contributed by atoms with E-state index in [-0.39, 0.29) is 11.4 Å². The Balaban J connectivity index is 1.99. The zero-order valence-electron chi connectivity index (χ0n) is 12.5. The number of pyridine rings is 2. The number of aromatic nitrogens is 2. The second-order valence-corrected chi connectivity index (χ2v) is 4.86. The molecule has 0 saturated carbocycles. The van der Waals surface area contributed by atoms with E-state index in [2.05, 4.69) is 20.0 Å². The normalized spacial score (nSPS) is 11.4. The van der Waals surface area contributed by atoms with Gasteiger partial charge in [0.2, 0.25) is 5.88 Å². The van der Waals surface area contributed by atoms with Gasteiger partial charge in [0, 0.05) is 18.5 Å². The fourth-order valence-corrected chi connectivity index (χ4v) is 1.63. The van der Waals surface area contributed by atoms with Crippen LogP contribution in [0.5, 0.6) is 5.88 Å². The Bertz CT molecular complexity index is 708. The van der Waals surface area contributed by atoms with Gasteiger partial charge >= 0.3 is 12.3 Å². The molecule has 9 heteroatoms. The lowest BCUT2D eigenvalue weighted by atomic mass is 10.2. The summed E-state index contributed by atoms with van der Waals surface area (Å²) in [7, 11) is 0. The van der Waals surface area contributed by atoms with Crippen LogP contribution in [0.1, 0.15) is 15.9 Å². The summed E-state index contributed by atoms with van der Waals surface area (Å²) in [5, 5.41) is 2.57. The van der Waals surface area contributed by atoms with E-state index in [0.29, 0.717) is 5.82 Å². The molecule has 2 rings (SSSR count). The number of alkyl halides is 4. The second kappa shape index (κ2) is 7.24. The van der Waals surface area contributed by atoms with Crippen molar-refractivity contribution in [2.24, 2.45) is 0 Å². The van der Waals surface area contributed by atoms with Crippen molar-refractivity contribution in [1.82, 2.24) is 9.97 Å². The molecule has 1 N–H and O–H groups in total. The molecule has 5 nitrogen and oxygen atoms in total. The minimum Gasteiger partial charge on any atom is -0.471 e. The van der Waals surface area contributed by atoms with Crippen LogP contribution in [-0.2, 0) is 0 Å². The van der Waals surface area contributed by atoms with Crippen molar-refractivity contribution < 1.29 is 27.1 Å². The number of amides is 1. The summed E-state index contributed by atoms with van der Waals surface area (Å²) in [4.78, 5) is 19.7. The van der Waals surface area contributed by atoms with E-state index >= 15 is 0 Å². The Labute approximate surface area is 134 Å². The molecular weight excluding hydrogens is 330 g/mol. The highest BCUT2D eigenvalue weighted by molar-refractivity contribution is 6.03. The van der Waals surface area contributed by atoms with Gasteiger partial charge < -0.3 is 10.1 Å². The van der Waals surface area contributed by atoms with Gasteiger partial charge in [-0.15, -0.1) is 0 Å². The van der Waals surface area contributed by atoms with Crippen LogP contribution in [-0.4, -0.2) is 34.8 Å². The Hall–Kier alpha value is -2.71. The van der Waals surface area contributed by atoms with Crippen molar-refractivity contribution in [3.05, 3.63) is 47.8 Å². The lowest BCUT2D eigenvalue weighted by Crippen LogP contribution is -2.33. The molecule has 2 aromatic heterocycles. The van der Waals surface area contributed by atoms with Crippen LogP contribution >= 0.6 is 0 Å². The standard InChI is InChI=1S/C15H13F4N3O2/c1-9-3-2-6-20-12(9)22-13(23)10-4-5-11(21-7-10)24-8-15(18,19)14(16)17/h2-7,14H,8H2,1H3,(H,20,22,23). The first-order chi connectivity index (χ1) is 11.3. The van der Waals surface area contributed by atoms with Crippen LogP contribution < -0.4 is 10.1 Å². The first-order valence-electron chi connectivity index (χ1n) is 6.77. The van der Waals surface area contributed by atoms with Crippen LogP contribution in [0.15, 0.2) is 36.7 Å². The zero-order valence-corrected chi connectivity index (χ0v) is 12.5. The number of ether oxygens (including phenoxy) is 1. The van der Waals surface area contributed by atoms with E-state index < -0.39 is 24.9 Å². The highest BCUT2D eigenvalue weighted by Crippen LogP contribution is 2.23. The molecule has 0 aliphatic carbocycles. The average Bonchev–Trinajstić information content (AvgIpc) is 2.55. The molecule has 0 unspecified atom stereocenters. The molecule has 0 bridgehead atoms. The second-order valence-electron chi connectivity index (χ2n) is 4.86. The van der Waals surface area contributed by atoms with Gasteiger partial charge in [-0.1, -0.05) is 6.07 Å². The molecule has 0 radical (unpaired) electrons. The fraction of sp³-hybridized carbons (Fsp3) is 0.267. The van der Waals surface area contributed by atoms with Gasteiger partial charge in [-0.05, 0) is 24.6 Å². The van der Waals surface area contributed by atoms with Crippen molar-refractivity contribution in [2.75, 3.05) is 11.9 Å². The molecule has 2 aromatic rings. The largest absolute Gasteiger partial charge is 0.471 e. The number of hydrogen-bond donors (Lipinski definition) is 1. The third-order valence-electron chi connectivity index (χ3n) is 2.97. The maximum Gasteiger partial charge on any atom is 0.340 e. The van der Waals surface area contributed by atoms with Gasteiger partial charge in [0.25, 0.3) is 5.91 Å². The number of aryl methyl sites for hydroxylation is 1. The molecule has 128 valence electrons. The zero-order chi connectivity index (χ0) is 17.7. The molecule has 0 aliphatic rings. The van der Waals surface area contributed by atoms with Crippen molar-refractivity contribution in [3.8, 4) is 5.88 Å². The number of halogens is 4. The SMILES string of the molecule is Cc1cccnc1NC(=O)c1ccc(OCC(F)(F)C(F)F)nc1. The summed E-state index contributed by atoms with van der Waals surface area (Å²) in [6.45, 7) is 0.261. The average molecular weight is 343 g/mol. The lowest BCUT2D eigenvalue weighted by molar-refractivity contribution is -0.148. The van der Waals surface area contributed by atoms with Crippen LogP contribution in [0, 0.1) is 6.92 Å². The molecule has 0 fully saturated rings. The lowest BCUT2D eigenvalue weighted by Gasteiger charge is -2.15. The third-order valence-corrected chi connectivity index (χ3v) is 2.97. The Morgan fingerprint density at radius 3 is 2.62 bits per heavy atom. The van der Waals surface area contributed by atoms with E-state index in [4.69, 9.17) is 0 Å². The van der Waals surface area contributed by atoms with Gasteiger partial charge in [-0.3, -0.25) is 4.79 Å². The summed E-state index contributed by atoms with van der Waals surface area (Å²) >= 11 is 0. The minimum absolute atomic E-state index is 0.132. The molecule has 0 atom stereocenters. The molecule has 1 amide bonds. The molecule has 2 heterocycles. The number of rotatable bonds is 6. The Kier molecular flexibility index (Phi) is 5.32. The predicted molar refractivity (Wildman–Crippen MR) is 77.6 cm³/mol. The van der Waals surface area contributed by atoms with Crippen molar-refractivity contribution in [3.63, 3.8) is 0 Å². The van der Waals surface area contributed by atoms with Crippen LogP contribution in [0.2, 0.25) is 0 Å². The third kappa shape index (κ3) is 4.40. The van der Waals surface area contributed by atoms with E-state index in [1.165, 1.54) is 12.3 Å². The van der Waals surface area contributed by atoms with E-state index in [0.717, 1.165) is 17.8 Å². The number of nitrogens with zero attached hydrogens (tertiary/aromatic N) is 2. The van der Waals surface area contributed by atoms with Crippen LogP contribution in [0.25, 0.3) is 0 Å². The highest BCUT2D eigenvalue weighted by atomic mass is 19.3. The smallest absolute Gasteiger partial charge is 0.340 e.